The zero-order valence-corrected chi connectivity index (χ0v) is 12.5. The summed E-state index contributed by atoms with van der Waals surface area (Å²) in [5.41, 5.74) is 2.83. The quantitative estimate of drug-likeness (QED) is 0.627. The number of aromatic nitrogens is 5. The van der Waals surface area contributed by atoms with Crippen molar-refractivity contribution in [3.63, 3.8) is 0 Å². The van der Waals surface area contributed by atoms with Crippen LogP contribution in [0.3, 0.4) is 0 Å². The standard InChI is InChI=1S/C17H12N6O/c24-17(16-20-14-4-1-2-5-15(14)21-22-16)19-12-6-8-13(9-7-12)23-11-3-10-18-23/h1-11H,(H,19,24). The Morgan fingerprint density at radius 1 is 0.917 bits per heavy atom. The first-order chi connectivity index (χ1) is 11.8. The van der Waals surface area contributed by atoms with E-state index in [-0.39, 0.29) is 5.82 Å². The smallest absolute Gasteiger partial charge is 0.295 e. The van der Waals surface area contributed by atoms with Gasteiger partial charge in [0.25, 0.3) is 5.91 Å². The van der Waals surface area contributed by atoms with Crippen molar-refractivity contribution < 1.29 is 4.79 Å². The molecule has 0 saturated carbocycles. The summed E-state index contributed by atoms with van der Waals surface area (Å²) in [6, 6.07) is 16.4. The molecule has 24 heavy (non-hydrogen) atoms. The lowest BCUT2D eigenvalue weighted by atomic mass is 10.2. The summed E-state index contributed by atoms with van der Waals surface area (Å²) >= 11 is 0. The molecule has 0 radical (unpaired) electrons. The molecule has 0 aliphatic carbocycles. The number of nitrogens with zero attached hydrogens (tertiary/aromatic N) is 5. The van der Waals surface area contributed by atoms with Gasteiger partial charge in [0.2, 0.25) is 5.82 Å². The van der Waals surface area contributed by atoms with Crippen LogP contribution in [0.25, 0.3) is 16.7 Å². The number of hydrogen-bond donors (Lipinski definition) is 1. The number of amides is 1. The topological polar surface area (TPSA) is 85.6 Å². The molecule has 7 heteroatoms. The van der Waals surface area contributed by atoms with Gasteiger partial charge in [0, 0.05) is 18.1 Å². The third-order valence-corrected chi connectivity index (χ3v) is 3.46. The Morgan fingerprint density at radius 2 is 1.71 bits per heavy atom. The molecule has 0 spiro atoms. The maximum atomic E-state index is 12.3. The van der Waals surface area contributed by atoms with Gasteiger partial charge in [-0.15, -0.1) is 10.2 Å². The summed E-state index contributed by atoms with van der Waals surface area (Å²) in [5, 5.41) is 14.8. The molecule has 0 saturated heterocycles. The van der Waals surface area contributed by atoms with E-state index >= 15 is 0 Å². The van der Waals surface area contributed by atoms with E-state index in [0.717, 1.165) is 5.69 Å². The average molecular weight is 316 g/mol. The molecule has 2 aromatic carbocycles. The highest BCUT2D eigenvalue weighted by atomic mass is 16.2. The van der Waals surface area contributed by atoms with E-state index in [1.165, 1.54) is 0 Å². The van der Waals surface area contributed by atoms with Crippen molar-refractivity contribution in [1.29, 1.82) is 0 Å². The van der Waals surface area contributed by atoms with Crippen LogP contribution in [-0.4, -0.2) is 30.9 Å². The monoisotopic (exact) mass is 316 g/mol. The minimum atomic E-state index is -0.403. The molecular weight excluding hydrogens is 304 g/mol. The van der Waals surface area contributed by atoms with Crippen LogP contribution >= 0.6 is 0 Å². The van der Waals surface area contributed by atoms with Crippen molar-refractivity contribution in [2.24, 2.45) is 0 Å². The van der Waals surface area contributed by atoms with Gasteiger partial charge >= 0.3 is 0 Å². The van der Waals surface area contributed by atoms with E-state index in [2.05, 4.69) is 25.6 Å². The van der Waals surface area contributed by atoms with E-state index in [1.54, 1.807) is 35.1 Å². The molecule has 4 aromatic rings. The largest absolute Gasteiger partial charge is 0.319 e. The van der Waals surface area contributed by atoms with E-state index < -0.39 is 5.91 Å². The first kappa shape index (κ1) is 14.0. The summed E-state index contributed by atoms with van der Waals surface area (Å²) in [6.07, 6.45) is 3.56. The van der Waals surface area contributed by atoms with Crippen molar-refractivity contribution in [3.05, 3.63) is 72.8 Å². The Labute approximate surface area is 137 Å². The van der Waals surface area contributed by atoms with Gasteiger partial charge in [-0.05, 0) is 42.5 Å². The normalized spacial score (nSPS) is 10.7. The number of nitrogens with one attached hydrogen (secondary N) is 1. The van der Waals surface area contributed by atoms with Crippen LogP contribution in [-0.2, 0) is 0 Å². The van der Waals surface area contributed by atoms with Crippen LogP contribution in [0.4, 0.5) is 5.69 Å². The van der Waals surface area contributed by atoms with Crippen molar-refractivity contribution in [3.8, 4) is 5.69 Å². The van der Waals surface area contributed by atoms with Crippen LogP contribution < -0.4 is 5.32 Å². The molecule has 0 fully saturated rings. The lowest BCUT2D eigenvalue weighted by Crippen LogP contribution is -2.16. The molecule has 1 N–H and O–H groups in total. The minimum Gasteiger partial charge on any atom is -0.319 e. The summed E-state index contributed by atoms with van der Waals surface area (Å²) in [7, 11) is 0. The molecule has 0 unspecified atom stereocenters. The van der Waals surface area contributed by atoms with Gasteiger partial charge in [0.05, 0.1) is 11.2 Å². The van der Waals surface area contributed by atoms with Gasteiger partial charge in [0.1, 0.15) is 5.52 Å². The number of benzene rings is 2. The molecule has 116 valence electrons. The molecule has 0 aliphatic heterocycles. The fourth-order valence-electron chi connectivity index (χ4n) is 2.28. The lowest BCUT2D eigenvalue weighted by Gasteiger charge is -2.06. The molecule has 2 heterocycles. The Morgan fingerprint density at radius 3 is 2.46 bits per heavy atom. The van der Waals surface area contributed by atoms with Crippen LogP contribution in [0.15, 0.2) is 67.0 Å². The number of fused-ring (bicyclic) bond motifs is 1. The third-order valence-electron chi connectivity index (χ3n) is 3.46. The van der Waals surface area contributed by atoms with E-state index in [4.69, 9.17) is 0 Å². The average Bonchev–Trinajstić information content (AvgIpc) is 3.16. The zero-order valence-electron chi connectivity index (χ0n) is 12.5. The first-order valence-corrected chi connectivity index (χ1v) is 7.30. The maximum Gasteiger partial charge on any atom is 0.295 e. The highest BCUT2D eigenvalue weighted by Gasteiger charge is 2.11. The van der Waals surface area contributed by atoms with Gasteiger partial charge in [-0.2, -0.15) is 5.10 Å². The van der Waals surface area contributed by atoms with Crippen molar-refractivity contribution in [2.45, 2.75) is 0 Å². The fraction of sp³-hybridized carbons (Fsp3) is 0. The molecule has 2 aromatic heterocycles. The second kappa shape index (κ2) is 5.88. The van der Waals surface area contributed by atoms with Crippen LogP contribution in [0.5, 0.6) is 0 Å². The Kier molecular flexibility index (Phi) is 3.43. The van der Waals surface area contributed by atoms with E-state index in [1.807, 2.05) is 36.5 Å². The summed E-state index contributed by atoms with van der Waals surface area (Å²) < 4.78 is 1.74. The number of para-hydroxylation sites is 1. The molecule has 0 atom stereocenters. The number of carbonyl (C=O) groups is 1. The highest BCUT2D eigenvalue weighted by molar-refractivity contribution is 6.02. The van der Waals surface area contributed by atoms with Crippen LogP contribution in [0.2, 0.25) is 0 Å². The van der Waals surface area contributed by atoms with Gasteiger partial charge in [-0.1, -0.05) is 12.1 Å². The minimum absolute atomic E-state index is 0.0323. The van der Waals surface area contributed by atoms with Crippen LogP contribution in [0, 0.1) is 0 Å². The summed E-state index contributed by atoms with van der Waals surface area (Å²) in [4.78, 5) is 16.5. The third kappa shape index (κ3) is 2.70. The van der Waals surface area contributed by atoms with Gasteiger partial charge in [-0.25, -0.2) is 9.67 Å². The van der Waals surface area contributed by atoms with Gasteiger partial charge in [0.15, 0.2) is 0 Å². The second-order valence-electron chi connectivity index (χ2n) is 5.08. The van der Waals surface area contributed by atoms with E-state index in [0.29, 0.717) is 16.7 Å². The summed E-state index contributed by atoms with van der Waals surface area (Å²) in [5.74, 6) is -0.370. The van der Waals surface area contributed by atoms with E-state index in [9.17, 15) is 4.79 Å². The molecule has 0 bridgehead atoms. The first-order valence-electron chi connectivity index (χ1n) is 7.30. The maximum absolute atomic E-state index is 12.3. The number of hydrogen-bond acceptors (Lipinski definition) is 5. The van der Waals surface area contributed by atoms with Crippen molar-refractivity contribution >= 4 is 22.6 Å². The van der Waals surface area contributed by atoms with Crippen LogP contribution in [0.1, 0.15) is 10.6 Å². The second-order valence-corrected chi connectivity index (χ2v) is 5.08. The van der Waals surface area contributed by atoms with Gasteiger partial charge in [-0.3, -0.25) is 4.79 Å². The number of anilines is 1. The zero-order chi connectivity index (χ0) is 16.4. The van der Waals surface area contributed by atoms with Crippen molar-refractivity contribution in [1.82, 2.24) is 25.0 Å². The molecular formula is C17H12N6O. The fourth-order valence-corrected chi connectivity index (χ4v) is 2.28. The molecule has 1 amide bonds. The molecule has 7 nitrogen and oxygen atoms in total. The van der Waals surface area contributed by atoms with Gasteiger partial charge < -0.3 is 5.32 Å². The molecule has 0 aliphatic rings. The predicted molar refractivity (Wildman–Crippen MR) is 88.9 cm³/mol. The molecule has 4 rings (SSSR count). The lowest BCUT2D eigenvalue weighted by molar-refractivity contribution is 0.101. The predicted octanol–water partition coefficient (Wildman–Crippen LogP) is 2.46. The van der Waals surface area contributed by atoms with Crippen molar-refractivity contribution in [2.75, 3.05) is 5.32 Å². The Balaban J connectivity index is 1.54. The highest BCUT2D eigenvalue weighted by Crippen LogP contribution is 2.13. The number of carbonyl (C=O) groups excluding carboxylic acids is 1. The Bertz CT molecular complexity index is 995. The summed E-state index contributed by atoms with van der Waals surface area (Å²) in [6.45, 7) is 0. The number of rotatable bonds is 3. The Hall–Kier alpha value is -3.61. The SMILES string of the molecule is O=C(Nc1ccc(-n2cccn2)cc1)c1nnc2ccccc2n1.